The molecule has 1 fully saturated rings. The maximum atomic E-state index is 12.6. The SMILES string of the molecule is CNCCCn1cc(S(=O)(=O)N2CCC(C(C)C)C2)cn1. The van der Waals surface area contributed by atoms with Gasteiger partial charge >= 0.3 is 0 Å². The Morgan fingerprint density at radius 1 is 1.48 bits per heavy atom. The molecule has 1 aromatic rings. The highest BCUT2D eigenvalue weighted by Crippen LogP contribution is 2.28. The van der Waals surface area contributed by atoms with Crippen LogP contribution in [-0.2, 0) is 16.6 Å². The van der Waals surface area contributed by atoms with Gasteiger partial charge in [0, 0.05) is 25.8 Å². The van der Waals surface area contributed by atoms with Crippen molar-refractivity contribution in [3.05, 3.63) is 12.4 Å². The lowest BCUT2D eigenvalue weighted by molar-refractivity contribution is 0.388. The van der Waals surface area contributed by atoms with Crippen molar-refractivity contribution in [2.75, 3.05) is 26.7 Å². The first-order chi connectivity index (χ1) is 9.95. The summed E-state index contributed by atoms with van der Waals surface area (Å²) < 4.78 is 28.5. The van der Waals surface area contributed by atoms with Gasteiger partial charge in [-0.3, -0.25) is 4.68 Å². The minimum Gasteiger partial charge on any atom is -0.320 e. The molecule has 0 radical (unpaired) electrons. The van der Waals surface area contributed by atoms with Gasteiger partial charge in [-0.05, 0) is 38.3 Å². The molecule has 0 spiro atoms. The predicted octanol–water partition coefficient (Wildman–Crippen LogP) is 1.16. The molecule has 0 amide bonds. The van der Waals surface area contributed by atoms with E-state index in [-0.39, 0.29) is 0 Å². The van der Waals surface area contributed by atoms with Crippen molar-refractivity contribution in [3.8, 4) is 0 Å². The van der Waals surface area contributed by atoms with Gasteiger partial charge in [0.2, 0.25) is 10.0 Å². The van der Waals surface area contributed by atoms with Gasteiger partial charge in [0.15, 0.2) is 0 Å². The van der Waals surface area contributed by atoms with Crippen LogP contribution in [0.2, 0.25) is 0 Å². The number of aryl methyl sites for hydroxylation is 1. The van der Waals surface area contributed by atoms with Crippen LogP contribution in [0.15, 0.2) is 17.3 Å². The van der Waals surface area contributed by atoms with Gasteiger partial charge in [0.25, 0.3) is 0 Å². The lowest BCUT2D eigenvalue weighted by atomic mass is 9.96. The average molecular weight is 314 g/mol. The van der Waals surface area contributed by atoms with Crippen LogP contribution in [0.3, 0.4) is 0 Å². The van der Waals surface area contributed by atoms with E-state index in [9.17, 15) is 8.42 Å². The number of nitrogens with zero attached hydrogens (tertiary/aromatic N) is 3. The Bertz CT molecular complexity index is 553. The van der Waals surface area contributed by atoms with Gasteiger partial charge < -0.3 is 5.32 Å². The Labute approximate surface area is 127 Å². The highest BCUT2D eigenvalue weighted by Gasteiger charge is 2.34. The van der Waals surface area contributed by atoms with Crippen molar-refractivity contribution in [3.63, 3.8) is 0 Å². The van der Waals surface area contributed by atoms with Crippen LogP contribution in [0.4, 0.5) is 0 Å². The normalized spacial score (nSPS) is 20.5. The van der Waals surface area contributed by atoms with Crippen molar-refractivity contribution in [1.82, 2.24) is 19.4 Å². The largest absolute Gasteiger partial charge is 0.320 e. The summed E-state index contributed by atoms with van der Waals surface area (Å²) in [4.78, 5) is 0.316. The Morgan fingerprint density at radius 2 is 2.24 bits per heavy atom. The zero-order chi connectivity index (χ0) is 15.5. The van der Waals surface area contributed by atoms with Gasteiger partial charge in [-0.15, -0.1) is 0 Å². The Balaban J connectivity index is 2.03. The molecule has 1 atom stereocenters. The fraction of sp³-hybridized carbons (Fsp3) is 0.786. The fourth-order valence-corrected chi connectivity index (χ4v) is 4.15. The second-order valence-corrected chi connectivity index (χ2v) is 7.99. The van der Waals surface area contributed by atoms with Crippen LogP contribution in [0.25, 0.3) is 0 Å². The maximum Gasteiger partial charge on any atom is 0.246 e. The average Bonchev–Trinajstić information content (AvgIpc) is 3.08. The summed E-state index contributed by atoms with van der Waals surface area (Å²) in [6, 6.07) is 0. The van der Waals surface area contributed by atoms with E-state index in [1.807, 2.05) is 7.05 Å². The molecule has 120 valence electrons. The van der Waals surface area contributed by atoms with E-state index >= 15 is 0 Å². The van der Waals surface area contributed by atoms with Gasteiger partial charge in [-0.1, -0.05) is 13.8 Å². The van der Waals surface area contributed by atoms with Crippen molar-refractivity contribution in [2.45, 2.75) is 38.1 Å². The summed E-state index contributed by atoms with van der Waals surface area (Å²) >= 11 is 0. The summed E-state index contributed by atoms with van der Waals surface area (Å²) in [6.45, 7) is 7.18. The number of rotatable bonds is 7. The van der Waals surface area contributed by atoms with Gasteiger partial charge in [0.1, 0.15) is 4.90 Å². The molecule has 1 aromatic heterocycles. The lowest BCUT2D eigenvalue weighted by Gasteiger charge is -2.17. The van der Waals surface area contributed by atoms with Crippen LogP contribution in [-0.4, -0.2) is 49.2 Å². The van der Waals surface area contributed by atoms with Gasteiger partial charge in [-0.25, -0.2) is 8.42 Å². The van der Waals surface area contributed by atoms with Crippen LogP contribution < -0.4 is 5.32 Å². The quantitative estimate of drug-likeness (QED) is 0.767. The van der Waals surface area contributed by atoms with E-state index in [0.29, 0.717) is 29.8 Å². The minimum absolute atomic E-state index is 0.316. The summed E-state index contributed by atoms with van der Waals surface area (Å²) in [7, 11) is -1.48. The Hall–Kier alpha value is -0.920. The molecule has 1 N–H and O–H groups in total. The van der Waals surface area contributed by atoms with E-state index in [4.69, 9.17) is 0 Å². The number of sulfonamides is 1. The molecule has 0 aliphatic carbocycles. The number of hydrogen-bond acceptors (Lipinski definition) is 4. The Morgan fingerprint density at radius 3 is 2.86 bits per heavy atom. The zero-order valence-electron chi connectivity index (χ0n) is 13.1. The monoisotopic (exact) mass is 314 g/mol. The van der Waals surface area contributed by atoms with Crippen molar-refractivity contribution >= 4 is 10.0 Å². The van der Waals surface area contributed by atoms with E-state index in [1.165, 1.54) is 6.20 Å². The first-order valence-electron chi connectivity index (χ1n) is 7.62. The highest BCUT2D eigenvalue weighted by atomic mass is 32.2. The summed E-state index contributed by atoms with van der Waals surface area (Å²) in [5, 5.41) is 7.23. The van der Waals surface area contributed by atoms with E-state index in [1.54, 1.807) is 15.2 Å². The molecule has 2 heterocycles. The van der Waals surface area contributed by atoms with Crippen LogP contribution >= 0.6 is 0 Å². The molecule has 1 aliphatic rings. The molecule has 0 saturated carbocycles. The first kappa shape index (κ1) is 16.5. The standard InChI is InChI=1S/C14H26N4O2S/c1-12(2)13-5-8-18(10-13)21(19,20)14-9-16-17(11-14)7-4-6-15-3/h9,11-13,15H,4-8,10H2,1-3H3. The Kier molecular flexibility index (Phi) is 5.40. The van der Waals surface area contributed by atoms with Crippen LogP contribution in [0.1, 0.15) is 26.7 Å². The van der Waals surface area contributed by atoms with Crippen molar-refractivity contribution < 1.29 is 8.42 Å². The summed E-state index contributed by atoms with van der Waals surface area (Å²) in [5.41, 5.74) is 0. The van der Waals surface area contributed by atoms with Gasteiger partial charge in [0.05, 0.1) is 6.20 Å². The minimum atomic E-state index is -3.38. The molecule has 7 heteroatoms. The molecule has 0 aromatic carbocycles. The van der Waals surface area contributed by atoms with E-state index < -0.39 is 10.0 Å². The smallest absolute Gasteiger partial charge is 0.246 e. The predicted molar refractivity (Wildman–Crippen MR) is 82.5 cm³/mol. The summed E-state index contributed by atoms with van der Waals surface area (Å²) in [5.74, 6) is 0.986. The lowest BCUT2D eigenvalue weighted by Crippen LogP contribution is -2.29. The van der Waals surface area contributed by atoms with Gasteiger partial charge in [-0.2, -0.15) is 9.40 Å². The topological polar surface area (TPSA) is 67.2 Å². The van der Waals surface area contributed by atoms with Crippen molar-refractivity contribution in [2.24, 2.45) is 11.8 Å². The number of hydrogen-bond donors (Lipinski definition) is 1. The zero-order valence-corrected chi connectivity index (χ0v) is 13.9. The second-order valence-electron chi connectivity index (χ2n) is 6.05. The van der Waals surface area contributed by atoms with Crippen LogP contribution in [0, 0.1) is 11.8 Å². The third kappa shape index (κ3) is 3.84. The van der Waals surface area contributed by atoms with E-state index in [0.717, 1.165) is 25.9 Å². The third-order valence-electron chi connectivity index (χ3n) is 4.19. The maximum absolute atomic E-state index is 12.6. The molecule has 1 saturated heterocycles. The number of nitrogens with one attached hydrogen (secondary N) is 1. The number of aromatic nitrogens is 2. The summed E-state index contributed by atoms with van der Waals surface area (Å²) in [6.07, 6.45) is 5.00. The van der Waals surface area contributed by atoms with Crippen LogP contribution in [0.5, 0.6) is 0 Å². The molecular weight excluding hydrogens is 288 g/mol. The van der Waals surface area contributed by atoms with Crippen molar-refractivity contribution in [1.29, 1.82) is 0 Å². The second kappa shape index (κ2) is 6.89. The molecule has 21 heavy (non-hydrogen) atoms. The molecule has 6 nitrogen and oxygen atoms in total. The third-order valence-corrected chi connectivity index (χ3v) is 6.01. The molecular formula is C14H26N4O2S. The highest BCUT2D eigenvalue weighted by molar-refractivity contribution is 7.89. The molecule has 1 unspecified atom stereocenters. The molecule has 1 aliphatic heterocycles. The fourth-order valence-electron chi connectivity index (χ4n) is 2.68. The first-order valence-corrected chi connectivity index (χ1v) is 9.06. The van der Waals surface area contributed by atoms with E-state index in [2.05, 4.69) is 24.3 Å². The molecule has 2 rings (SSSR count). The molecule has 0 bridgehead atoms.